The van der Waals surface area contributed by atoms with Gasteiger partial charge < -0.3 is 14.8 Å². The van der Waals surface area contributed by atoms with Crippen molar-refractivity contribution in [1.82, 2.24) is 24.2 Å². The second-order valence-electron chi connectivity index (χ2n) is 7.82. The van der Waals surface area contributed by atoms with Crippen LogP contribution >= 0.6 is 0 Å². The third kappa shape index (κ3) is 2.52. The summed E-state index contributed by atoms with van der Waals surface area (Å²) in [5.74, 6) is 0.562. The molecule has 0 saturated carbocycles. The lowest BCUT2D eigenvalue weighted by Crippen LogP contribution is -2.44. The van der Waals surface area contributed by atoms with Crippen molar-refractivity contribution in [2.45, 2.75) is 31.3 Å². The van der Waals surface area contributed by atoms with E-state index in [1.165, 1.54) is 0 Å². The summed E-state index contributed by atoms with van der Waals surface area (Å²) in [6.45, 7) is 2.56. The highest BCUT2D eigenvalue weighted by atomic mass is 16.2. The van der Waals surface area contributed by atoms with Gasteiger partial charge in [-0.1, -0.05) is 18.2 Å². The van der Waals surface area contributed by atoms with E-state index < -0.39 is 11.5 Å². The molecule has 8 nitrogen and oxygen atoms in total. The number of nitrogens with one attached hydrogen (secondary N) is 1. The molecular formula is C21H22N6O2. The SMILES string of the molecule is Cc1cnn(CC(=O)N2CC[C@]3(C(=O)Nc4ccccc43)[C@@H]2c2nccn2C)c1. The third-order valence-electron chi connectivity index (χ3n) is 6.07. The molecule has 2 amide bonds. The molecule has 0 aliphatic carbocycles. The van der Waals surface area contributed by atoms with E-state index in [-0.39, 0.29) is 18.4 Å². The highest BCUT2D eigenvalue weighted by molar-refractivity contribution is 6.07. The highest BCUT2D eigenvalue weighted by Gasteiger charge is 2.60. The van der Waals surface area contributed by atoms with Crippen molar-refractivity contribution < 1.29 is 9.59 Å². The number of benzene rings is 1. The zero-order chi connectivity index (χ0) is 20.2. The van der Waals surface area contributed by atoms with Gasteiger partial charge in [0.05, 0.1) is 6.20 Å². The van der Waals surface area contributed by atoms with Gasteiger partial charge in [0, 0.05) is 37.9 Å². The van der Waals surface area contributed by atoms with Crippen molar-refractivity contribution in [2.75, 3.05) is 11.9 Å². The lowest BCUT2D eigenvalue weighted by atomic mass is 9.74. The number of hydrogen-bond acceptors (Lipinski definition) is 4. The number of likely N-dealkylation sites (tertiary alicyclic amines) is 1. The number of aromatic nitrogens is 4. The van der Waals surface area contributed by atoms with Gasteiger partial charge >= 0.3 is 0 Å². The van der Waals surface area contributed by atoms with Crippen LogP contribution < -0.4 is 5.32 Å². The zero-order valence-corrected chi connectivity index (χ0v) is 16.4. The molecule has 1 saturated heterocycles. The Hall–Kier alpha value is -3.42. The van der Waals surface area contributed by atoms with E-state index >= 15 is 0 Å². The van der Waals surface area contributed by atoms with Gasteiger partial charge in [-0.15, -0.1) is 0 Å². The molecule has 5 rings (SSSR count). The standard InChI is InChI=1S/C21H22N6O2/c1-14-11-23-26(12-14)13-17(28)27-9-7-21(18(27)19-22-8-10-25(19)2)15-5-3-4-6-16(15)24-20(21)29/h3-6,8,10-12,18H,7,9,13H2,1-2H3,(H,24,29)/t18-,21+/m0/s1. The monoisotopic (exact) mass is 390 g/mol. The topological polar surface area (TPSA) is 85.1 Å². The molecule has 0 radical (unpaired) electrons. The van der Waals surface area contributed by atoms with Crippen LogP contribution in [0.4, 0.5) is 5.69 Å². The number of fused-ring (bicyclic) bond motifs is 2. The van der Waals surface area contributed by atoms with E-state index in [1.807, 2.05) is 55.2 Å². The number of carbonyl (C=O) groups is 2. The molecule has 0 bridgehead atoms. The molecule has 1 fully saturated rings. The Balaban J connectivity index is 1.60. The van der Waals surface area contributed by atoms with Crippen LogP contribution in [0.2, 0.25) is 0 Å². The molecule has 1 aromatic carbocycles. The van der Waals surface area contributed by atoms with Crippen LogP contribution in [0.15, 0.2) is 49.1 Å². The molecule has 2 aromatic heterocycles. The van der Waals surface area contributed by atoms with Crippen LogP contribution in [-0.4, -0.2) is 42.6 Å². The van der Waals surface area contributed by atoms with Crippen LogP contribution in [0.3, 0.4) is 0 Å². The first kappa shape index (κ1) is 17.7. The Morgan fingerprint density at radius 2 is 2.17 bits per heavy atom. The summed E-state index contributed by atoms with van der Waals surface area (Å²) in [4.78, 5) is 32.9. The molecule has 1 spiro atoms. The van der Waals surface area contributed by atoms with Gasteiger partial charge in [0.2, 0.25) is 11.8 Å². The Bertz CT molecular complexity index is 1120. The predicted octanol–water partition coefficient (Wildman–Crippen LogP) is 1.79. The molecule has 29 heavy (non-hydrogen) atoms. The van der Waals surface area contributed by atoms with Gasteiger partial charge in [0.15, 0.2) is 0 Å². The largest absolute Gasteiger partial charge is 0.336 e. The Labute approximate surface area is 168 Å². The van der Waals surface area contributed by atoms with Gasteiger partial charge in [0.25, 0.3) is 0 Å². The minimum atomic E-state index is -0.842. The minimum absolute atomic E-state index is 0.0723. The third-order valence-corrected chi connectivity index (χ3v) is 6.07. The lowest BCUT2D eigenvalue weighted by Gasteiger charge is -2.33. The van der Waals surface area contributed by atoms with Gasteiger partial charge in [-0.2, -0.15) is 5.10 Å². The molecule has 2 aliphatic heterocycles. The van der Waals surface area contributed by atoms with E-state index in [0.29, 0.717) is 18.8 Å². The number of aryl methyl sites for hydroxylation is 2. The normalized spacial score (nSPS) is 22.9. The lowest BCUT2D eigenvalue weighted by molar-refractivity contribution is -0.134. The fourth-order valence-corrected chi connectivity index (χ4v) is 4.74. The Morgan fingerprint density at radius 1 is 1.34 bits per heavy atom. The quantitative estimate of drug-likeness (QED) is 0.739. The number of anilines is 1. The maximum absolute atomic E-state index is 13.3. The average Bonchev–Trinajstić information content (AvgIpc) is 3.45. The summed E-state index contributed by atoms with van der Waals surface area (Å²) in [6, 6.07) is 7.26. The van der Waals surface area contributed by atoms with Gasteiger partial charge in [-0.3, -0.25) is 14.3 Å². The average molecular weight is 390 g/mol. The number of para-hydroxylation sites is 1. The van der Waals surface area contributed by atoms with Crippen molar-refractivity contribution in [1.29, 1.82) is 0 Å². The molecule has 8 heteroatoms. The van der Waals surface area contributed by atoms with Crippen molar-refractivity contribution in [3.8, 4) is 0 Å². The first-order chi connectivity index (χ1) is 14.0. The maximum Gasteiger partial charge on any atom is 0.244 e. The maximum atomic E-state index is 13.3. The fraction of sp³-hybridized carbons (Fsp3) is 0.333. The van der Waals surface area contributed by atoms with Crippen LogP contribution in [-0.2, 0) is 28.6 Å². The number of carbonyl (C=O) groups excluding carboxylic acids is 2. The van der Waals surface area contributed by atoms with Crippen LogP contribution in [0.5, 0.6) is 0 Å². The molecule has 2 atom stereocenters. The number of nitrogens with zero attached hydrogens (tertiary/aromatic N) is 5. The summed E-state index contributed by atoms with van der Waals surface area (Å²) < 4.78 is 3.53. The molecule has 2 aliphatic rings. The summed E-state index contributed by atoms with van der Waals surface area (Å²) in [5, 5.41) is 7.26. The summed E-state index contributed by atoms with van der Waals surface area (Å²) >= 11 is 0. The molecule has 148 valence electrons. The van der Waals surface area contributed by atoms with Gasteiger partial charge in [-0.05, 0) is 30.5 Å². The molecule has 3 aromatic rings. The van der Waals surface area contributed by atoms with E-state index in [4.69, 9.17) is 0 Å². The number of imidazole rings is 1. The number of rotatable bonds is 3. The Kier molecular flexibility index (Phi) is 3.84. The fourth-order valence-electron chi connectivity index (χ4n) is 4.74. The van der Waals surface area contributed by atoms with Crippen LogP contribution in [0.25, 0.3) is 0 Å². The van der Waals surface area contributed by atoms with E-state index in [0.717, 1.165) is 16.8 Å². The van der Waals surface area contributed by atoms with E-state index in [2.05, 4.69) is 15.4 Å². The van der Waals surface area contributed by atoms with Crippen LogP contribution in [0, 0.1) is 6.92 Å². The first-order valence-corrected chi connectivity index (χ1v) is 9.67. The second kappa shape index (κ2) is 6.30. The second-order valence-corrected chi connectivity index (χ2v) is 7.82. The van der Waals surface area contributed by atoms with E-state index in [9.17, 15) is 9.59 Å². The number of amides is 2. The number of hydrogen-bond donors (Lipinski definition) is 1. The van der Waals surface area contributed by atoms with Crippen LogP contribution in [0.1, 0.15) is 29.4 Å². The molecule has 1 N–H and O–H groups in total. The Morgan fingerprint density at radius 3 is 2.90 bits per heavy atom. The summed E-state index contributed by atoms with van der Waals surface area (Å²) in [5.41, 5.74) is 1.91. The minimum Gasteiger partial charge on any atom is -0.336 e. The molecular weight excluding hydrogens is 368 g/mol. The van der Waals surface area contributed by atoms with Crippen molar-refractivity contribution in [3.05, 3.63) is 66.0 Å². The first-order valence-electron chi connectivity index (χ1n) is 9.67. The zero-order valence-electron chi connectivity index (χ0n) is 16.4. The summed E-state index contributed by atoms with van der Waals surface area (Å²) in [7, 11) is 1.90. The molecule has 4 heterocycles. The predicted molar refractivity (Wildman–Crippen MR) is 106 cm³/mol. The van der Waals surface area contributed by atoms with Crippen molar-refractivity contribution in [3.63, 3.8) is 0 Å². The van der Waals surface area contributed by atoms with E-state index in [1.54, 1.807) is 22.0 Å². The van der Waals surface area contributed by atoms with Gasteiger partial charge in [0.1, 0.15) is 23.8 Å². The molecule has 0 unspecified atom stereocenters. The van der Waals surface area contributed by atoms with Crippen molar-refractivity contribution >= 4 is 17.5 Å². The van der Waals surface area contributed by atoms with Gasteiger partial charge in [-0.25, -0.2) is 4.98 Å². The summed E-state index contributed by atoms with van der Waals surface area (Å²) in [6.07, 6.45) is 7.68. The highest BCUT2D eigenvalue weighted by Crippen LogP contribution is 2.54. The van der Waals surface area contributed by atoms with Crippen molar-refractivity contribution in [2.24, 2.45) is 7.05 Å². The smallest absolute Gasteiger partial charge is 0.244 e.